The van der Waals surface area contributed by atoms with Gasteiger partial charge in [-0.05, 0) is 25.3 Å². The Labute approximate surface area is 199 Å². The van der Waals surface area contributed by atoms with Gasteiger partial charge in [-0.2, -0.15) is 4.39 Å². The lowest BCUT2D eigenvalue weighted by molar-refractivity contribution is -0.116. The van der Waals surface area contributed by atoms with Crippen LogP contribution in [0.2, 0.25) is 0 Å². The number of halogens is 3. The smallest absolute Gasteiger partial charge is 0.332 e. The van der Waals surface area contributed by atoms with Crippen LogP contribution in [-0.2, 0) is 11.3 Å². The second-order valence-electron chi connectivity index (χ2n) is 8.59. The van der Waals surface area contributed by atoms with Gasteiger partial charge < -0.3 is 14.5 Å². The number of hydrogen-bond donors (Lipinski definition) is 0. The van der Waals surface area contributed by atoms with Gasteiger partial charge in [0.05, 0.1) is 36.7 Å². The Morgan fingerprint density at radius 2 is 1.74 bits per heavy atom. The second kappa shape index (κ2) is 9.09. The molecule has 0 radical (unpaired) electrons. The Kier molecular flexibility index (Phi) is 5.96. The maximum atomic E-state index is 14.7. The fourth-order valence-electron chi connectivity index (χ4n) is 4.78. The summed E-state index contributed by atoms with van der Waals surface area (Å²) >= 11 is 0. The highest BCUT2D eigenvalue weighted by molar-refractivity contribution is 6.20. The van der Waals surface area contributed by atoms with Crippen molar-refractivity contribution in [3.63, 3.8) is 0 Å². The number of benzene rings is 2. The van der Waals surface area contributed by atoms with Crippen molar-refractivity contribution in [1.29, 1.82) is 0 Å². The monoisotopic (exact) mass is 484 g/mol. The van der Waals surface area contributed by atoms with Crippen molar-refractivity contribution >= 4 is 34.2 Å². The average molecular weight is 484 g/mol. The number of nitrogens with zero attached hydrogens (tertiary/aromatic N) is 4. The third-order valence-corrected chi connectivity index (χ3v) is 6.49. The molecule has 3 heterocycles. The van der Waals surface area contributed by atoms with Crippen molar-refractivity contribution in [2.75, 3.05) is 36.5 Å². The Morgan fingerprint density at radius 1 is 1.00 bits per heavy atom. The summed E-state index contributed by atoms with van der Waals surface area (Å²) in [6.45, 7) is 1.39. The Balaban J connectivity index is 1.52. The van der Waals surface area contributed by atoms with E-state index in [2.05, 4.69) is 14.6 Å². The number of aromatic nitrogens is 1. The molecule has 2 aromatic carbocycles. The number of carbonyl (C=O) groups is 2. The Hall–Kier alpha value is -3.82. The van der Waals surface area contributed by atoms with Gasteiger partial charge in [-0.15, -0.1) is 0 Å². The third-order valence-electron chi connectivity index (χ3n) is 6.49. The second-order valence-corrected chi connectivity index (χ2v) is 8.59. The molecule has 0 spiro atoms. The fraction of sp³-hybridized carbons (Fsp3) is 0.320. The number of anilines is 2. The van der Waals surface area contributed by atoms with Crippen LogP contribution in [0.15, 0.2) is 36.5 Å². The molecule has 2 aliphatic rings. The molecule has 2 fully saturated rings. The lowest BCUT2D eigenvalue weighted by atomic mass is 10.0. The van der Waals surface area contributed by atoms with Crippen LogP contribution in [0.4, 0.5) is 29.3 Å². The maximum absolute atomic E-state index is 14.7. The van der Waals surface area contributed by atoms with Crippen molar-refractivity contribution in [3.8, 4) is 5.75 Å². The van der Waals surface area contributed by atoms with Gasteiger partial charge in [0.1, 0.15) is 6.54 Å². The van der Waals surface area contributed by atoms with Gasteiger partial charge in [-0.3, -0.25) is 9.78 Å². The lowest BCUT2D eigenvalue weighted by Gasteiger charge is -2.31. The van der Waals surface area contributed by atoms with E-state index in [4.69, 9.17) is 0 Å². The van der Waals surface area contributed by atoms with Gasteiger partial charge in [0.2, 0.25) is 5.82 Å². The zero-order valence-electron chi connectivity index (χ0n) is 19.1. The first kappa shape index (κ1) is 22.9. The highest BCUT2D eigenvalue weighted by Crippen LogP contribution is 2.35. The number of urea groups is 1. The summed E-state index contributed by atoms with van der Waals surface area (Å²) < 4.78 is 47.8. The standard InChI is InChI=1S/C25H23F3N4O3/c1-35-24-17(26)11-19(22(27)23(24)28)32-21(33)14-31(25(32)34)13-16-15-7-3-4-8-18(15)29-12-20(16)30-9-5-2-6-10-30/h3-4,7-8,11-12H,2,5-6,9-10,13-14H2,1H3. The van der Waals surface area contributed by atoms with E-state index in [1.54, 1.807) is 6.20 Å². The van der Waals surface area contributed by atoms with Crippen molar-refractivity contribution in [2.24, 2.45) is 0 Å². The number of ether oxygens (including phenoxy) is 1. The van der Waals surface area contributed by atoms with Gasteiger partial charge >= 0.3 is 6.03 Å². The van der Waals surface area contributed by atoms with Gasteiger partial charge in [0, 0.05) is 30.1 Å². The largest absolute Gasteiger partial charge is 0.491 e. The highest BCUT2D eigenvalue weighted by Gasteiger charge is 2.40. The van der Waals surface area contributed by atoms with E-state index < -0.39 is 40.8 Å². The fourth-order valence-corrected chi connectivity index (χ4v) is 4.78. The molecule has 3 aromatic rings. The number of piperidine rings is 1. The maximum Gasteiger partial charge on any atom is 0.332 e. The van der Waals surface area contributed by atoms with Gasteiger partial charge in [-0.1, -0.05) is 18.2 Å². The SMILES string of the molecule is COc1c(F)cc(N2C(=O)CN(Cc3c(N4CCCCC4)cnc4ccccc34)C2=O)c(F)c1F. The van der Waals surface area contributed by atoms with Crippen LogP contribution < -0.4 is 14.5 Å². The predicted molar refractivity (Wildman–Crippen MR) is 124 cm³/mol. The highest BCUT2D eigenvalue weighted by atomic mass is 19.2. The van der Waals surface area contributed by atoms with Crippen molar-refractivity contribution in [3.05, 3.63) is 59.5 Å². The van der Waals surface area contributed by atoms with Crippen LogP contribution in [0.3, 0.4) is 0 Å². The molecule has 2 saturated heterocycles. The van der Waals surface area contributed by atoms with Crippen molar-refractivity contribution < 1.29 is 27.5 Å². The molecule has 1 aromatic heterocycles. The Bertz CT molecular complexity index is 1330. The third kappa shape index (κ3) is 3.92. The van der Waals surface area contributed by atoms with Crippen LogP contribution in [0.5, 0.6) is 5.75 Å². The first-order valence-corrected chi connectivity index (χ1v) is 11.4. The number of imide groups is 1. The summed E-state index contributed by atoms with van der Waals surface area (Å²) in [6.07, 6.45) is 4.99. The summed E-state index contributed by atoms with van der Waals surface area (Å²) in [5.74, 6) is -6.05. The molecule has 0 saturated carbocycles. The minimum atomic E-state index is -1.60. The first-order chi connectivity index (χ1) is 16.9. The molecule has 0 atom stereocenters. The van der Waals surface area contributed by atoms with E-state index in [9.17, 15) is 22.8 Å². The number of carbonyl (C=O) groups excluding carboxylic acids is 2. The lowest BCUT2D eigenvalue weighted by Crippen LogP contribution is -2.35. The van der Waals surface area contributed by atoms with E-state index in [0.717, 1.165) is 61.6 Å². The van der Waals surface area contributed by atoms with E-state index in [0.29, 0.717) is 11.0 Å². The van der Waals surface area contributed by atoms with Crippen LogP contribution in [-0.4, -0.2) is 48.6 Å². The molecule has 0 unspecified atom stereocenters. The molecular formula is C25H23F3N4O3. The van der Waals surface area contributed by atoms with Crippen LogP contribution >= 0.6 is 0 Å². The molecule has 0 N–H and O–H groups in total. The summed E-state index contributed by atoms with van der Waals surface area (Å²) in [7, 11) is 0.994. The summed E-state index contributed by atoms with van der Waals surface area (Å²) in [5.41, 5.74) is 1.64. The molecule has 5 rings (SSSR count). The average Bonchev–Trinajstić information content (AvgIpc) is 3.15. The summed E-state index contributed by atoms with van der Waals surface area (Å²) in [6, 6.07) is 7.23. The van der Waals surface area contributed by atoms with Crippen LogP contribution in [0.25, 0.3) is 10.9 Å². The van der Waals surface area contributed by atoms with E-state index >= 15 is 0 Å². The quantitative estimate of drug-likeness (QED) is 0.391. The molecule has 35 heavy (non-hydrogen) atoms. The van der Waals surface area contributed by atoms with Gasteiger partial charge in [0.25, 0.3) is 5.91 Å². The first-order valence-electron chi connectivity index (χ1n) is 11.4. The van der Waals surface area contributed by atoms with E-state index in [-0.39, 0.29) is 13.1 Å². The van der Waals surface area contributed by atoms with Crippen LogP contribution in [0, 0.1) is 17.5 Å². The molecule has 0 aliphatic carbocycles. The van der Waals surface area contributed by atoms with Crippen molar-refractivity contribution in [2.45, 2.75) is 25.8 Å². The molecule has 2 aliphatic heterocycles. The molecule has 10 heteroatoms. The number of fused-ring (bicyclic) bond motifs is 1. The minimum Gasteiger partial charge on any atom is -0.491 e. The predicted octanol–water partition coefficient (Wildman–Crippen LogP) is 4.62. The van der Waals surface area contributed by atoms with Crippen LogP contribution in [0.1, 0.15) is 24.8 Å². The topological polar surface area (TPSA) is 66.0 Å². The van der Waals surface area contributed by atoms with E-state index in [1.807, 2.05) is 24.3 Å². The van der Waals surface area contributed by atoms with Gasteiger partial charge in [-0.25, -0.2) is 18.5 Å². The number of methoxy groups -OCH3 is 1. The molecule has 3 amide bonds. The molecule has 7 nitrogen and oxygen atoms in total. The zero-order valence-corrected chi connectivity index (χ0v) is 19.1. The molecule has 0 bridgehead atoms. The number of rotatable bonds is 5. The summed E-state index contributed by atoms with van der Waals surface area (Å²) in [4.78, 5) is 34.5. The number of para-hydroxylation sites is 1. The van der Waals surface area contributed by atoms with Gasteiger partial charge in [0.15, 0.2) is 17.4 Å². The number of amides is 3. The normalized spacial score (nSPS) is 16.5. The zero-order chi connectivity index (χ0) is 24.7. The van der Waals surface area contributed by atoms with E-state index in [1.165, 1.54) is 4.90 Å². The minimum absolute atomic E-state index is 0.0542. The number of hydrogen-bond acceptors (Lipinski definition) is 5. The summed E-state index contributed by atoms with van der Waals surface area (Å²) in [5, 5.41) is 0.835. The molecular weight excluding hydrogens is 461 g/mol. The Morgan fingerprint density at radius 3 is 2.49 bits per heavy atom. The molecule has 182 valence electrons. The van der Waals surface area contributed by atoms with Crippen molar-refractivity contribution in [1.82, 2.24) is 9.88 Å². The number of pyridine rings is 1.